The van der Waals surface area contributed by atoms with Crippen LogP contribution in [0.5, 0.6) is 0 Å². The third-order valence-electron chi connectivity index (χ3n) is 3.10. The Morgan fingerprint density at radius 3 is 2.43 bits per heavy atom. The van der Waals surface area contributed by atoms with Crippen molar-refractivity contribution < 1.29 is 0 Å². The van der Waals surface area contributed by atoms with E-state index in [0.717, 1.165) is 24.4 Å². The number of hydrogen-bond acceptors (Lipinski definition) is 3. The molecule has 0 radical (unpaired) electrons. The maximum atomic E-state index is 4.35. The second-order valence-electron chi connectivity index (χ2n) is 6.17. The number of aromatic nitrogens is 1. The summed E-state index contributed by atoms with van der Waals surface area (Å²) in [5.74, 6) is 1.07. The van der Waals surface area contributed by atoms with Gasteiger partial charge in [0, 0.05) is 34.6 Å². The van der Waals surface area contributed by atoms with Crippen molar-refractivity contribution in [1.82, 2.24) is 10.3 Å². The second kappa shape index (κ2) is 7.62. The topological polar surface area (TPSA) is 24.9 Å². The van der Waals surface area contributed by atoms with Gasteiger partial charge in [0.1, 0.15) is 0 Å². The van der Waals surface area contributed by atoms with Crippen molar-refractivity contribution in [2.24, 2.45) is 0 Å². The van der Waals surface area contributed by atoms with Crippen LogP contribution in [0.1, 0.15) is 32.0 Å². The summed E-state index contributed by atoms with van der Waals surface area (Å²) in [6.07, 6.45) is 2.87. The zero-order valence-corrected chi connectivity index (χ0v) is 13.9. The quantitative estimate of drug-likeness (QED) is 0.805. The Labute approximate surface area is 132 Å². The van der Waals surface area contributed by atoms with E-state index >= 15 is 0 Å². The minimum atomic E-state index is 0.163. The summed E-state index contributed by atoms with van der Waals surface area (Å²) < 4.78 is 0. The third kappa shape index (κ3) is 6.32. The fraction of sp³-hybridized carbons (Fsp3) is 0.389. The van der Waals surface area contributed by atoms with Crippen LogP contribution in [0.25, 0.3) is 0 Å². The van der Waals surface area contributed by atoms with Gasteiger partial charge in [0.05, 0.1) is 0 Å². The van der Waals surface area contributed by atoms with E-state index < -0.39 is 0 Å². The van der Waals surface area contributed by atoms with E-state index in [0.29, 0.717) is 0 Å². The zero-order chi connectivity index (χ0) is 15.1. The van der Waals surface area contributed by atoms with E-state index in [9.17, 15) is 0 Å². The fourth-order valence-corrected chi connectivity index (χ4v) is 2.77. The van der Waals surface area contributed by atoms with Gasteiger partial charge in [-0.25, -0.2) is 0 Å². The molecule has 1 heterocycles. The molecule has 1 aromatic carbocycles. The molecule has 0 saturated carbocycles. The Morgan fingerprint density at radius 1 is 1.05 bits per heavy atom. The highest BCUT2D eigenvalue weighted by atomic mass is 32.2. The number of benzene rings is 1. The molecular formula is C18H24N2S. The van der Waals surface area contributed by atoms with E-state index in [1.165, 1.54) is 10.5 Å². The standard InChI is InChI=1S/C18H24N2S/c1-18(2,3)20-14-15-7-9-17(10-8-15)21-13-11-16-6-4-5-12-19-16/h4-10,12,20H,11,13-14H2,1-3H3. The average molecular weight is 300 g/mol. The predicted octanol–water partition coefficient (Wildman–Crippen LogP) is 4.30. The van der Waals surface area contributed by atoms with Crippen molar-refractivity contribution in [2.75, 3.05) is 5.75 Å². The van der Waals surface area contributed by atoms with Crippen LogP contribution in [-0.2, 0) is 13.0 Å². The minimum Gasteiger partial charge on any atom is -0.308 e. The maximum Gasteiger partial charge on any atom is 0.0411 e. The molecule has 0 fully saturated rings. The first-order valence-electron chi connectivity index (χ1n) is 7.40. The Bertz CT molecular complexity index is 529. The lowest BCUT2D eigenvalue weighted by Gasteiger charge is -2.20. The van der Waals surface area contributed by atoms with Gasteiger partial charge >= 0.3 is 0 Å². The molecule has 0 unspecified atom stereocenters. The van der Waals surface area contributed by atoms with Gasteiger partial charge < -0.3 is 5.32 Å². The van der Waals surface area contributed by atoms with Gasteiger partial charge in [-0.2, -0.15) is 0 Å². The molecule has 0 saturated heterocycles. The molecule has 1 N–H and O–H groups in total. The molecule has 2 aromatic rings. The second-order valence-corrected chi connectivity index (χ2v) is 7.34. The summed E-state index contributed by atoms with van der Waals surface area (Å²) in [5.41, 5.74) is 2.66. The van der Waals surface area contributed by atoms with E-state index in [-0.39, 0.29) is 5.54 Å². The molecule has 0 bridgehead atoms. The molecule has 21 heavy (non-hydrogen) atoms. The Kier molecular flexibility index (Phi) is 5.83. The molecule has 0 amide bonds. The van der Waals surface area contributed by atoms with Crippen molar-refractivity contribution in [3.05, 3.63) is 59.9 Å². The smallest absolute Gasteiger partial charge is 0.0411 e. The molecule has 0 aliphatic carbocycles. The largest absolute Gasteiger partial charge is 0.308 e. The van der Waals surface area contributed by atoms with Crippen molar-refractivity contribution in [3.8, 4) is 0 Å². The van der Waals surface area contributed by atoms with Crippen molar-refractivity contribution in [1.29, 1.82) is 0 Å². The Balaban J connectivity index is 1.77. The van der Waals surface area contributed by atoms with Gasteiger partial charge in [-0.1, -0.05) is 18.2 Å². The van der Waals surface area contributed by atoms with Crippen LogP contribution < -0.4 is 5.32 Å². The summed E-state index contributed by atoms with van der Waals surface area (Å²) in [6, 6.07) is 14.9. The number of nitrogens with zero attached hydrogens (tertiary/aromatic N) is 1. The van der Waals surface area contributed by atoms with Crippen molar-refractivity contribution in [2.45, 2.75) is 44.2 Å². The van der Waals surface area contributed by atoms with Crippen LogP contribution in [0, 0.1) is 0 Å². The first-order valence-corrected chi connectivity index (χ1v) is 8.38. The molecule has 2 rings (SSSR count). The van der Waals surface area contributed by atoms with Crippen LogP contribution in [0.2, 0.25) is 0 Å². The van der Waals surface area contributed by atoms with Gasteiger partial charge in [-0.3, -0.25) is 4.98 Å². The van der Waals surface area contributed by atoms with Crippen molar-refractivity contribution in [3.63, 3.8) is 0 Å². The summed E-state index contributed by atoms with van der Waals surface area (Å²) in [5, 5.41) is 3.51. The number of aryl methyl sites for hydroxylation is 1. The molecule has 0 aliphatic heterocycles. The van der Waals surface area contributed by atoms with Crippen LogP contribution in [0.3, 0.4) is 0 Å². The van der Waals surface area contributed by atoms with Crippen LogP contribution >= 0.6 is 11.8 Å². The molecule has 0 spiro atoms. The number of thioether (sulfide) groups is 1. The van der Waals surface area contributed by atoms with Gasteiger partial charge in [0.25, 0.3) is 0 Å². The maximum absolute atomic E-state index is 4.35. The number of rotatable bonds is 6. The fourth-order valence-electron chi connectivity index (χ4n) is 1.89. The normalized spacial score (nSPS) is 11.6. The average Bonchev–Trinajstić information content (AvgIpc) is 2.47. The zero-order valence-electron chi connectivity index (χ0n) is 13.1. The first kappa shape index (κ1) is 16.1. The molecular weight excluding hydrogens is 276 g/mol. The summed E-state index contributed by atoms with van der Waals surface area (Å²) in [6.45, 7) is 7.49. The van der Waals surface area contributed by atoms with Crippen LogP contribution in [0.15, 0.2) is 53.6 Å². The van der Waals surface area contributed by atoms with E-state index in [2.05, 4.69) is 61.4 Å². The highest BCUT2D eigenvalue weighted by molar-refractivity contribution is 7.99. The molecule has 0 aliphatic rings. The molecule has 0 atom stereocenters. The molecule has 2 nitrogen and oxygen atoms in total. The van der Waals surface area contributed by atoms with Gasteiger partial charge in [-0.15, -0.1) is 11.8 Å². The number of hydrogen-bond donors (Lipinski definition) is 1. The van der Waals surface area contributed by atoms with Crippen LogP contribution in [-0.4, -0.2) is 16.3 Å². The molecule has 1 aromatic heterocycles. The highest BCUT2D eigenvalue weighted by Crippen LogP contribution is 2.19. The SMILES string of the molecule is CC(C)(C)NCc1ccc(SCCc2ccccn2)cc1. The first-order chi connectivity index (χ1) is 10.0. The summed E-state index contributed by atoms with van der Waals surface area (Å²) >= 11 is 1.89. The minimum absolute atomic E-state index is 0.163. The lowest BCUT2D eigenvalue weighted by Crippen LogP contribution is -2.35. The van der Waals surface area contributed by atoms with Crippen molar-refractivity contribution >= 4 is 11.8 Å². The predicted molar refractivity (Wildman–Crippen MR) is 91.7 cm³/mol. The van der Waals surface area contributed by atoms with Crippen LogP contribution in [0.4, 0.5) is 0 Å². The number of nitrogens with one attached hydrogen (secondary N) is 1. The summed E-state index contributed by atoms with van der Waals surface area (Å²) in [4.78, 5) is 5.67. The van der Waals surface area contributed by atoms with E-state index in [4.69, 9.17) is 0 Å². The third-order valence-corrected chi connectivity index (χ3v) is 4.11. The summed E-state index contributed by atoms with van der Waals surface area (Å²) in [7, 11) is 0. The monoisotopic (exact) mass is 300 g/mol. The van der Waals surface area contributed by atoms with Gasteiger partial charge in [-0.05, 0) is 57.0 Å². The lowest BCUT2D eigenvalue weighted by molar-refractivity contribution is 0.424. The lowest BCUT2D eigenvalue weighted by atomic mass is 10.1. The van der Waals surface area contributed by atoms with E-state index in [1.807, 2.05) is 30.1 Å². The Morgan fingerprint density at radius 2 is 1.81 bits per heavy atom. The molecule has 112 valence electrons. The Hall–Kier alpha value is -1.32. The molecule has 3 heteroatoms. The highest BCUT2D eigenvalue weighted by Gasteiger charge is 2.08. The number of pyridine rings is 1. The van der Waals surface area contributed by atoms with E-state index in [1.54, 1.807) is 0 Å². The van der Waals surface area contributed by atoms with Gasteiger partial charge in [0.2, 0.25) is 0 Å². The van der Waals surface area contributed by atoms with Gasteiger partial charge in [0.15, 0.2) is 0 Å².